The van der Waals surface area contributed by atoms with Crippen LogP contribution in [0.3, 0.4) is 0 Å². The van der Waals surface area contributed by atoms with Gasteiger partial charge in [-0.2, -0.15) is 0 Å². The molecule has 10 unspecified atom stereocenters. The molecular formula is C35H39ClO7. The molecule has 2 heterocycles. The molecule has 0 radical (unpaired) electrons. The number of ether oxygens (including phenoxy) is 3. The van der Waals surface area contributed by atoms with E-state index in [0.717, 1.165) is 56.1 Å². The number of carbonyl (C=O) groups is 2. The number of benzene rings is 1. The Morgan fingerprint density at radius 1 is 0.977 bits per heavy atom. The largest absolute Gasteiger partial charge is 0.459 e. The summed E-state index contributed by atoms with van der Waals surface area (Å²) in [5, 5.41) is 0.661. The van der Waals surface area contributed by atoms with Crippen molar-refractivity contribution in [1.82, 2.24) is 0 Å². The summed E-state index contributed by atoms with van der Waals surface area (Å²) in [4.78, 5) is 36.7. The summed E-state index contributed by atoms with van der Waals surface area (Å²) >= 11 is 5.96. The van der Waals surface area contributed by atoms with Crippen molar-refractivity contribution in [2.45, 2.75) is 95.5 Å². The van der Waals surface area contributed by atoms with Gasteiger partial charge in [0, 0.05) is 35.4 Å². The molecule has 5 fully saturated rings. The Hall–Kier alpha value is -2.90. The van der Waals surface area contributed by atoms with Crippen molar-refractivity contribution in [3.63, 3.8) is 0 Å². The maximum Gasteiger partial charge on any atom is 0.335 e. The summed E-state index contributed by atoms with van der Waals surface area (Å²) in [5.74, 6) is 0.603. The summed E-state index contributed by atoms with van der Waals surface area (Å²) in [7, 11) is 0. The average Bonchev–Trinajstić information content (AvgIpc) is 3.68. The third-order valence-electron chi connectivity index (χ3n) is 12.0. The normalized spacial score (nSPS) is 41.0. The fourth-order valence-corrected chi connectivity index (χ4v) is 10.3. The van der Waals surface area contributed by atoms with Crippen molar-refractivity contribution in [2.24, 2.45) is 28.6 Å². The minimum atomic E-state index is -0.407. The summed E-state index contributed by atoms with van der Waals surface area (Å²) in [6, 6.07) is 10.6. The van der Waals surface area contributed by atoms with Crippen LogP contribution in [-0.4, -0.2) is 35.9 Å². The average molecular weight is 607 g/mol. The molecule has 10 atom stereocenters. The van der Waals surface area contributed by atoms with Gasteiger partial charge in [0.2, 0.25) is 0 Å². The highest BCUT2D eigenvalue weighted by Crippen LogP contribution is 2.78. The molecule has 0 N–H and O–H groups in total. The van der Waals surface area contributed by atoms with Gasteiger partial charge in [-0.25, -0.2) is 9.59 Å². The second kappa shape index (κ2) is 10.3. The van der Waals surface area contributed by atoms with E-state index in [1.54, 1.807) is 24.5 Å². The molecule has 43 heavy (non-hydrogen) atoms. The number of fused-ring (bicyclic) bond motifs is 3. The van der Waals surface area contributed by atoms with Crippen LogP contribution in [-0.2, 0) is 23.8 Å². The summed E-state index contributed by atoms with van der Waals surface area (Å²) in [5.41, 5.74) is 0.940. The molecule has 8 heteroatoms. The monoisotopic (exact) mass is 606 g/mol. The van der Waals surface area contributed by atoms with Crippen LogP contribution in [0.1, 0.15) is 82.8 Å². The quantitative estimate of drug-likeness (QED) is 0.212. The van der Waals surface area contributed by atoms with Crippen LogP contribution in [0.15, 0.2) is 57.9 Å². The molecule has 4 aliphatic carbocycles. The fraction of sp³-hybridized carbons (Fsp3) is 0.571. The second-order valence-electron chi connectivity index (χ2n) is 13.9. The number of hydrogen-bond acceptors (Lipinski definition) is 7. The SMILES string of the molecule is CC(=O)OC1C(c2ccc(=O)oc2)C2(C)CCC3C(CCC4CC(OC(=O)/C=C/c5ccc(Cl)cc5)CCC43C)C23OC13. The predicted molar refractivity (Wildman–Crippen MR) is 160 cm³/mol. The van der Waals surface area contributed by atoms with Gasteiger partial charge in [0.1, 0.15) is 23.9 Å². The summed E-state index contributed by atoms with van der Waals surface area (Å²) in [6.45, 7) is 6.20. The maximum atomic E-state index is 12.7. The Morgan fingerprint density at radius 3 is 2.49 bits per heavy atom. The van der Waals surface area contributed by atoms with Gasteiger partial charge in [-0.05, 0) is 104 Å². The molecule has 1 aromatic heterocycles. The number of epoxide rings is 1. The zero-order valence-corrected chi connectivity index (χ0v) is 25.7. The van der Waals surface area contributed by atoms with E-state index in [2.05, 4.69) is 13.8 Å². The molecule has 2 aromatic rings. The van der Waals surface area contributed by atoms with Crippen LogP contribution in [0.2, 0.25) is 5.02 Å². The van der Waals surface area contributed by atoms with Gasteiger partial charge in [0.15, 0.2) is 0 Å². The maximum absolute atomic E-state index is 12.7. The van der Waals surface area contributed by atoms with E-state index in [4.69, 9.17) is 30.2 Å². The highest BCUT2D eigenvalue weighted by molar-refractivity contribution is 6.30. The Morgan fingerprint density at radius 2 is 1.77 bits per heavy atom. The van der Waals surface area contributed by atoms with E-state index in [-0.39, 0.29) is 52.1 Å². The molecule has 0 amide bonds. The minimum Gasteiger partial charge on any atom is -0.459 e. The van der Waals surface area contributed by atoms with Crippen molar-refractivity contribution in [3.8, 4) is 0 Å². The van der Waals surface area contributed by atoms with Crippen LogP contribution in [0, 0.1) is 28.6 Å². The van der Waals surface area contributed by atoms with Crippen molar-refractivity contribution in [2.75, 3.05) is 0 Å². The van der Waals surface area contributed by atoms with Gasteiger partial charge in [0.05, 0.1) is 6.26 Å². The lowest BCUT2D eigenvalue weighted by atomic mass is 9.44. The van der Waals surface area contributed by atoms with E-state index < -0.39 is 6.10 Å². The first-order chi connectivity index (χ1) is 20.5. The van der Waals surface area contributed by atoms with Gasteiger partial charge >= 0.3 is 17.6 Å². The summed E-state index contributed by atoms with van der Waals surface area (Å²) < 4.78 is 23.9. The first-order valence-corrected chi connectivity index (χ1v) is 16.0. The zero-order valence-electron chi connectivity index (χ0n) is 24.9. The van der Waals surface area contributed by atoms with Gasteiger partial charge in [-0.1, -0.05) is 37.6 Å². The Labute approximate surface area is 256 Å². The first-order valence-electron chi connectivity index (χ1n) is 15.6. The molecule has 0 bridgehead atoms. The molecular weight excluding hydrogens is 568 g/mol. The van der Waals surface area contributed by atoms with E-state index in [1.807, 2.05) is 18.2 Å². The number of hydrogen-bond donors (Lipinski definition) is 0. The molecule has 7 nitrogen and oxygen atoms in total. The van der Waals surface area contributed by atoms with Gasteiger partial charge in [-0.15, -0.1) is 0 Å². The first kappa shape index (κ1) is 28.8. The molecule has 1 saturated heterocycles. The Bertz CT molecular complexity index is 1490. The van der Waals surface area contributed by atoms with Crippen LogP contribution in [0.4, 0.5) is 0 Å². The van der Waals surface area contributed by atoms with Gasteiger partial charge in [0.25, 0.3) is 0 Å². The highest BCUT2D eigenvalue weighted by Gasteiger charge is 2.84. The number of carbonyl (C=O) groups excluding carboxylic acids is 2. The standard InChI is InChI=1S/C35H39ClO7/c1-20(37)41-31-30(22-7-13-28(38)40-19-22)34(3)17-15-26-27(35(34)32(31)43-35)11-8-23-18-25(14-16-33(23,26)2)42-29(39)12-6-21-4-9-24(36)10-5-21/h4-7,9-10,12-13,19,23,25-27,30-32H,8,11,14-18H2,1-3H3/b12-6+. The van der Waals surface area contributed by atoms with Crippen LogP contribution >= 0.6 is 11.6 Å². The third-order valence-corrected chi connectivity index (χ3v) is 12.3. The van der Waals surface area contributed by atoms with Gasteiger partial charge in [-0.3, -0.25) is 4.79 Å². The van der Waals surface area contributed by atoms with E-state index in [0.29, 0.717) is 22.8 Å². The second-order valence-corrected chi connectivity index (χ2v) is 14.4. The van der Waals surface area contributed by atoms with E-state index >= 15 is 0 Å². The Balaban J connectivity index is 1.08. The lowest BCUT2D eigenvalue weighted by molar-refractivity contribution is -0.165. The number of esters is 2. The number of rotatable bonds is 5. The van der Waals surface area contributed by atoms with Crippen molar-refractivity contribution in [1.29, 1.82) is 0 Å². The van der Waals surface area contributed by atoms with Crippen LogP contribution < -0.4 is 5.63 Å². The smallest absolute Gasteiger partial charge is 0.335 e. The van der Waals surface area contributed by atoms with E-state index in [1.165, 1.54) is 19.1 Å². The van der Waals surface area contributed by atoms with Gasteiger partial charge < -0.3 is 18.6 Å². The zero-order chi connectivity index (χ0) is 30.1. The molecule has 7 rings (SSSR count). The molecule has 1 aliphatic heterocycles. The molecule has 1 spiro atoms. The van der Waals surface area contributed by atoms with Crippen LogP contribution in [0.25, 0.3) is 6.08 Å². The van der Waals surface area contributed by atoms with Crippen molar-refractivity contribution < 1.29 is 28.2 Å². The van der Waals surface area contributed by atoms with Crippen molar-refractivity contribution in [3.05, 3.63) is 75.3 Å². The van der Waals surface area contributed by atoms with Crippen molar-refractivity contribution >= 4 is 29.6 Å². The van der Waals surface area contributed by atoms with E-state index in [9.17, 15) is 14.4 Å². The van der Waals surface area contributed by atoms with Crippen LogP contribution in [0.5, 0.6) is 0 Å². The third kappa shape index (κ3) is 4.52. The topological polar surface area (TPSA) is 95.3 Å². The molecule has 1 aromatic carbocycles. The molecule has 4 saturated carbocycles. The predicted octanol–water partition coefficient (Wildman–Crippen LogP) is 6.72. The fourth-order valence-electron chi connectivity index (χ4n) is 10.1. The Kier molecular flexibility index (Phi) is 6.93. The minimum absolute atomic E-state index is 0.0779. The highest BCUT2D eigenvalue weighted by atomic mass is 35.5. The molecule has 228 valence electrons. The lowest BCUT2D eigenvalue weighted by Gasteiger charge is -2.61. The molecule has 5 aliphatic rings. The lowest BCUT2D eigenvalue weighted by Crippen LogP contribution is -2.58. The summed E-state index contributed by atoms with van der Waals surface area (Å²) in [6.07, 6.45) is 11.0. The number of halogens is 1.